The standard InChI is InChI=1S/C35H50FNO/c1-4-6-8-10-12-14-16-29-21-24-33(35(38-3)34(29)36)32-23-22-30(25-31(32)26-37)28-19-17-27(18-20-28)15-13-11-9-7-5-2/h21-25,27-28H,4-20H2,1-3H3. The summed E-state index contributed by atoms with van der Waals surface area (Å²) in [5.41, 5.74) is 4.01. The molecule has 0 bridgehead atoms. The highest BCUT2D eigenvalue weighted by atomic mass is 19.1. The first-order chi connectivity index (χ1) is 18.6. The van der Waals surface area contributed by atoms with Crippen molar-refractivity contribution in [2.24, 2.45) is 5.92 Å². The maximum Gasteiger partial charge on any atom is 0.168 e. The molecule has 2 aromatic carbocycles. The van der Waals surface area contributed by atoms with Gasteiger partial charge in [0.15, 0.2) is 11.6 Å². The van der Waals surface area contributed by atoms with Crippen LogP contribution < -0.4 is 4.74 Å². The molecule has 208 valence electrons. The average Bonchev–Trinajstić information content (AvgIpc) is 2.95. The van der Waals surface area contributed by atoms with Gasteiger partial charge < -0.3 is 4.74 Å². The lowest BCUT2D eigenvalue weighted by molar-refractivity contribution is 0.302. The highest BCUT2D eigenvalue weighted by molar-refractivity contribution is 5.77. The fourth-order valence-corrected chi connectivity index (χ4v) is 6.26. The van der Waals surface area contributed by atoms with E-state index in [2.05, 4.69) is 26.0 Å². The molecule has 0 aromatic heterocycles. The third-order valence-corrected chi connectivity index (χ3v) is 8.67. The highest BCUT2D eigenvalue weighted by Gasteiger charge is 2.24. The molecule has 3 heteroatoms. The van der Waals surface area contributed by atoms with Crippen molar-refractivity contribution in [1.82, 2.24) is 0 Å². The van der Waals surface area contributed by atoms with E-state index in [1.54, 1.807) is 0 Å². The lowest BCUT2D eigenvalue weighted by Crippen LogP contribution is -2.13. The summed E-state index contributed by atoms with van der Waals surface area (Å²) in [6.45, 7) is 4.49. The molecular formula is C35H50FNO. The van der Waals surface area contributed by atoms with Gasteiger partial charge >= 0.3 is 0 Å². The summed E-state index contributed by atoms with van der Waals surface area (Å²) in [6, 6.07) is 12.4. The molecule has 1 aliphatic rings. The summed E-state index contributed by atoms with van der Waals surface area (Å²) < 4.78 is 21.0. The molecule has 0 atom stereocenters. The predicted molar refractivity (Wildman–Crippen MR) is 158 cm³/mol. The van der Waals surface area contributed by atoms with Crippen molar-refractivity contribution in [2.75, 3.05) is 7.11 Å². The molecular weight excluding hydrogens is 469 g/mol. The summed E-state index contributed by atoms with van der Waals surface area (Å²) in [5, 5.41) is 10.0. The van der Waals surface area contributed by atoms with Gasteiger partial charge in [-0.15, -0.1) is 0 Å². The molecule has 0 aliphatic heterocycles. The Kier molecular flexibility index (Phi) is 13.2. The Balaban J connectivity index is 1.64. The molecule has 0 N–H and O–H groups in total. The van der Waals surface area contributed by atoms with Crippen LogP contribution in [0.5, 0.6) is 5.75 Å². The number of unbranched alkanes of at least 4 members (excludes halogenated alkanes) is 9. The number of nitrogens with zero attached hydrogens (tertiary/aromatic N) is 1. The Bertz CT molecular complexity index is 1020. The Labute approximate surface area is 232 Å². The van der Waals surface area contributed by atoms with E-state index in [9.17, 15) is 5.26 Å². The van der Waals surface area contributed by atoms with Crippen molar-refractivity contribution >= 4 is 0 Å². The second-order valence-corrected chi connectivity index (χ2v) is 11.5. The minimum Gasteiger partial charge on any atom is -0.493 e. The van der Waals surface area contributed by atoms with Crippen molar-refractivity contribution < 1.29 is 9.13 Å². The van der Waals surface area contributed by atoms with Crippen molar-refractivity contribution in [3.8, 4) is 22.9 Å². The maximum atomic E-state index is 15.4. The Morgan fingerprint density at radius 3 is 2.11 bits per heavy atom. The van der Waals surface area contributed by atoms with Crippen molar-refractivity contribution in [1.29, 1.82) is 5.26 Å². The van der Waals surface area contributed by atoms with Crippen LogP contribution in [0.1, 0.15) is 139 Å². The van der Waals surface area contributed by atoms with Crippen LogP contribution in [0.2, 0.25) is 0 Å². The van der Waals surface area contributed by atoms with Gasteiger partial charge in [-0.25, -0.2) is 4.39 Å². The fraction of sp³-hybridized carbons (Fsp3) is 0.629. The molecule has 1 fully saturated rings. The summed E-state index contributed by atoms with van der Waals surface area (Å²) in [6.07, 6.45) is 21.0. The molecule has 0 heterocycles. The SMILES string of the molecule is CCCCCCCCc1ccc(-c2ccc(C3CCC(CCCCCCC)CC3)cc2C#N)c(OC)c1F. The molecule has 0 amide bonds. The van der Waals surface area contributed by atoms with E-state index in [4.69, 9.17) is 4.74 Å². The largest absolute Gasteiger partial charge is 0.493 e. The molecule has 2 nitrogen and oxygen atoms in total. The lowest BCUT2D eigenvalue weighted by atomic mass is 9.76. The van der Waals surface area contributed by atoms with E-state index in [0.717, 1.165) is 30.7 Å². The minimum absolute atomic E-state index is 0.261. The van der Waals surface area contributed by atoms with Gasteiger partial charge in [-0.3, -0.25) is 0 Å². The van der Waals surface area contributed by atoms with E-state index in [0.29, 0.717) is 22.6 Å². The van der Waals surface area contributed by atoms with Crippen LogP contribution in [0.3, 0.4) is 0 Å². The number of benzene rings is 2. The summed E-state index contributed by atoms with van der Waals surface area (Å²) in [5.74, 6) is 1.37. The van der Waals surface area contributed by atoms with Crippen molar-refractivity contribution in [3.05, 3.63) is 52.8 Å². The van der Waals surface area contributed by atoms with Gasteiger partial charge in [0, 0.05) is 11.1 Å². The van der Waals surface area contributed by atoms with Crippen LogP contribution in [0.25, 0.3) is 11.1 Å². The quantitative estimate of drug-likeness (QED) is 0.207. The average molecular weight is 520 g/mol. The van der Waals surface area contributed by atoms with E-state index >= 15 is 4.39 Å². The number of nitriles is 1. The monoisotopic (exact) mass is 519 g/mol. The summed E-state index contributed by atoms with van der Waals surface area (Å²) in [4.78, 5) is 0. The summed E-state index contributed by atoms with van der Waals surface area (Å²) >= 11 is 0. The van der Waals surface area contributed by atoms with Crippen LogP contribution in [0, 0.1) is 23.1 Å². The molecule has 0 spiro atoms. The topological polar surface area (TPSA) is 33.0 Å². The van der Waals surface area contributed by atoms with Crippen LogP contribution >= 0.6 is 0 Å². The van der Waals surface area contributed by atoms with Gasteiger partial charge in [-0.05, 0) is 67.6 Å². The van der Waals surface area contributed by atoms with Gasteiger partial charge in [0.25, 0.3) is 0 Å². The number of methoxy groups -OCH3 is 1. The normalized spacial score (nSPS) is 17.3. The van der Waals surface area contributed by atoms with E-state index in [1.165, 1.54) is 103 Å². The molecule has 0 radical (unpaired) electrons. The third-order valence-electron chi connectivity index (χ3n) is 8.67. The zero-order chi connectivity index (χ0) is 27.2. The third kappa shape index (κ3) is 8.59. The van der Waals surface area contributed by atoms with Crippen molar-refractivity contribution in [2.45, 2.75) is 129 Å². The molecule has 0 saturated heterocycles. The zero-order valence-electron chi connectivity index (χ0n) is 24.3. The maximum absolute atomic E-state index is 15.4. The van der Waals surface area contributed by atoms with Crippen molar-refractivity contribution in [3.63, 3.8) is 0 Å². The van der Waals surface area contributed by atoms with E-state index in [1.807, 2.05) is 24.3 Å². The van der Waals surface area contributed by atoms with Gasteiger partial charge in [0.2, 0.25) is 0 Å². The second-order valence-electron chi connectivity index (χ2n) is 11.5. The number of rotatable bonds is 16. The fourth-order valence-electron chi connectivity index (χ4n) is 6.26. The van der Waals surface area contributed by atoms with Crippen LogP contribution in [-0.2, 0) is 6.42 Å². The molecule has 1 saturated carbocycles. The first-order valence-electron chi connectivity index (χ1n) is 15.5. The zero-order valence-corrected chi connectivity index (χ0v) is 24.3. The number of hydrogen-bond acceptors (Lipinski definition) is 2. The molecule has 1 aliphatic carbocycles. The molecule has 3 rings (SSSR count). The number of aryl methyl sites for hydroxylation is 1. The predicted octanol–water partition coefficient (Wildman–Crippen LogP) is 10.9. The Morgan fingerprint density at radius 2 is 1.45 bits per heavy atom. The lowest BCUT2D eigenvalue weighted by Gasteiger charge is -2.29. The van der Waals surface area contributed by atoms with Gasteiger partial charge in [-0.1, -0.05) is 109 Å². The second kappa shape index (κ2) is 16.6. The van der Waals surface area contributed by atoms with E-state index < -0.39 is 0 Å². The Morgan fingerprint density at radius 1 is 0.816 bits per heavy atom. The molecule has 38 heavy (non-hydrogen) atoms. The number of ether oxygens (including phenoxy) is 1. The van der Waals surface area contributed by atoms with Gasteiger partial charge in [0.05, 0.1) is 18.7 Å². The van der Waals surface area contributed by atoms with Crippen LogP contribution in [0.15, 0.2) is 30.3 Å². The van der Waals surface area contributed by atoms with Crippen LogP contribution in [-0.4, -0.2) is 7.11 Å². The van der Waals surface area contributed by atoms with Gasteiger partial charge in [0.1, 0.15) is 0 Å². The van der Waals surface area contributed by atoms with Gasteiger partial charge in [-0.2, -0.15) is 5.26 Å². The Hall–Kier alpha value is -2.34. The number of halogens is 1. The smallest absolute Gasteiger partial charge is 0.168 e. The van der Waals surface area contributed by atoms with Crippen LogP contribution in [0.4, 0.5) is 4.39 Å². The molecule has 0 unspecified atom stereocenters. The highest BCUT2D eigenvalue weighted by Crippen LogP contribution is 2.41. The first-order valence-corrected chi connectivity index (χ1v) is 15.5. The summed E-state index contributed by atoms with van der Waals surface area (Å²) in [7, 11) is 1.53. The first kappa shape index (κ1) is 30.2. The molecule has 2 aromatic rings. The minimum atomic E-state index is -0.278. The van der Waals surface area contributed by atoms with E-state index in [-0.39, 0.29) is 11.6 Å². The number of hydrogen-bond donors (Lipinski definition) is 0.